The van der Waals surface area contributed by atoms with Gasteiger partial charge in [0.25, 0.3) is 0 Å². The van der Waals surface area contributed by atoms with E-state index >= 15 is 0 Å². The fourth-order valence-corrected chi connectivity index (χ4v) is 2.94. The molecule has 6 heteroatoms. The highest BCUT2D eigenvalue weighted by Gasteiger charge is 2.20. The van der Waals surface area contributed by atoms with Gasteiger partial charge in [-0.15, -0.1) is 0 Å². The number of rotatable bonds is 5. The fourth-order valence-electron chi connectivity index (χ4n) is 2.78. The van der Waals surface area contributed by atoms with Crippen molar-refractivity contribution in [3.8, 4) is 11.4 Å². The van der Waals surface area contributed by atoms with Crippen LogP contribution in [-0.4, -0.2) is 38.3 Å². The van der Waals surface area contributed by atoms with Gasteiger partial charge in [-0.05, 0) is 38.1 Å². The maximum Gasteiger partial charge on any atom is 0.228 e. The van der Waals surface area contributed by atoms with Crippen LogP contribution in [0.4, 0.5) is 0 Å². The number of fused-ring (bicyclic) bond motifs is 1. The van der Waals surface area contributed by atoms with Crippen LogP contribution < -0.4 is 0 Å². The lowest BCUT2D eigenvalue weighted by atomic mass is 10.1. The molecule has 3 heterocycles. The van der Waals surface area contributed by atoms with Gasteiger partial charge >= 0.3 is 0 Å². The molecule has 0 atom stereocenters. The number of aromatic nitrogens is 3. The normalized spacial score (nSPS) is 11.0. The van der Waals surface area contributed by atoms with Crippen molar-refractivity contribution >= 4 is 23.2 Å². The molecule has 0 aliphatic heterocycles. The predicted molar refractivity (Wildman–Crippen MR) is 95.1 cm³/mol. The Morgan fingerprint density at radius 1 is 1.21 bits per heavy atom. The number of hydrogen-bond donors (Lipinski definition) is 0. The quantitative estimate of drug-likeness (QED) is 0.713. The van der Waals surface area contributed by atoms with Crippen LogP contribution in [0.5, 0.6) is 0 Å². The smallest absolute Gasteiger partial charge is 0.228 e. The maximum absolute atomic E-state index is 12.6. The SMILES string of the molecule is CCN(CC)C(=O)Cc1c(-c2ccccn2)nc2ccc(Cl)cn12. The van der Waals surface area contributed by atoms with Crippen LogP contribution in [0.3, 0.4) is 0 Å². The Morgan fingerprint density at radius 3 is 2.67 bits per heavy atom. The zero-order valence-electron chi connectivity index (χ0n) is 13.7. The molecule has 0 aromatic carbocycles. The Labute approximate surface area is 145 Å². The van der Waals surface area contributed by atoms with Crippen LogP contribution in [0.1, 0.15) is 19.5 Å². The maximum atomic E-state index is 12.6. The zero-order valence-corrected chi connectivity index (χ0v) is 14.5. The predicted octanol–water partition coefficient (Wildman–Crippen LogP) is 3.46. The molecule has 0 saturated heterocycles. The number of carbonyl (C=O) groups excluding carboxylic acids is 1. The van der Waals surface area contributed by atoms with Gasteiger partial charge in [0.05, 0.1) is 22.8 Å². The third-order valence-corrected chi connectivity index (χ3v) is 4.25. The molecule has 1 amide bonds. The summed E-state index contributed by atoms with van der Waals surface area (Å²) in [6, 6.07) is 9.31. The van der Waals surface area contributed by atoms with Gasteiger partial charge in [-0.3, -0.25) is 9.78 Å². The molecule has 5 nitrogen and oxygen atoms in total. The first-order valence-corrected chi connectivity index (χ1v) is 8.37. The van der Waals surface area contributed by atoms with Gasteiger partial charge in [0.2, 0.25) is 5.91 Å². The monoisotopic (exact) mass is 342 g/mol. The Morgan fingerprint density at radius 2 is 2.00 bits per heavy atom. The Hall–Kier alpha value is -2.40. The molecule has 0 radical (unpaired) electrons. The second kappa shape index (κ2) is 7.01. The van der Waals surface area contributed by atoms with E-state index in [1.165, 1.54) is 0 Å². The van der Waals surface area contributed by atoms with Crippen molar-refractivity contribution in [3.63, 3.8) is 0 Å². The van der Waals surface area contributed by atoms with Crippen molar-refractivity contribution in [3.05, 3.63) is 53.4 Å². The van der Waals surface area contributed by atoms with Crippen LogP contribution in [0, 0.1) is 0 Å². The second-order valence-corrected chi connectivity index (χ2v) is 5.88. The summed E-state index contributed by atoms with van der Waals surface area (Å²) in [4.78, 5) is 23.5. The van der Waals surface area contributed by atoms with Gasteiger partial charge in [0.15, 0.2) is 0 Å². The number of nitrogens with zero attached hydrogens (tertiary/aromatic N) is 4. The molecule has 0 aliphatic carbocycles. The first-order valence-electron chi connectivity index (χ1n) is 7.99. The average molecular weight is 343 g/mol. The van der Waals surface area contributed by atoms with E-state index in [9.17, 15) is 4.79 Å². The first-order chi connectivity index (χ1) is 11.6. The number of pyridine rings is 2. The molecular weight excluding hydrogens is 324 g/mol. The average Bonchev–Trinajstić information content (AvgIpc) is 2.95. The van der Waals surface area contributed by atoms with Crippen molar-refractivity contribution in [1.82, 2.24) is 19.3 Å². The lowest BCUT2D eigenvalue weighted by Crippen LogP contribution is -2.32. The molecule has 0 saturated carbocycles. The van der Waals surface area contributed by atoms with E-state index in [4.69, 9.17) is 11.6 Å². The molecule has 0 spiro atoms. The van der Waals surface area contributed by atoms with Crippen LogP contribution >= 0.6 is 11.6 Å². The lowest BCUT2D eigenvalue weighted by Gasteiger charge is -2.18. The topological polar surface area (TPSA) is 50.5 Å². The number of halogens is 1. The fraction of sp³-hybridized carbons (Fsp3) is 0.278. The molecule has 3 rings (SSSR count). The lowest BCUT2D eigenvalue weighted by molar-refractivity contribution is -0.130. The van der Waals surface area contributed by atoms with Gasteiger partial charge < -0.3 is 9.30 Å². The third kappa shape index (κ3) is 3.12. The zero-order chi connectivity index (χ0) is 17.1. The summed E-state index contributed by atoms with van der Waals surface area (Å²) >= 11 is 6.14. The molecule has 0 unspecified atom stereocenters. The van der Waals surface area contributed by atoms with Gasteiger partial charge in [0, 0.05) is 25.5 Å². The first kappa shape index (κ1) is 16.5. The van der Waals surface area contributed by atoms with E-state index < -0.39 is 0 Å². The van der Waals surface area contributed by atoms with Crippen LogP contribution in [0.15, 0.2) is 42.7 Å². The summed E-state index contributed by atoms with van der Waals surface area (Å²) in [5.74, 6) is 0.0685. The number of carbonyl (C=O) groups is 1. The van der Waals surface area contributed by atoms with Gasteiger partial charge in [-0.2, -0.15) is 0 Å². The van der Waals surface area contributed by atoms with Crippen molar-refractivity contribution in [2.45, 2.75) is 20.3 Å². The molecule has 3 aromatic heterocycles. The third-order valence-electron chi connectivity index (χ3n) is 4.02. The van der Waals surface area contributed by atoms with Gasteiger partial charge in [-0.25, -0.2) is 4.98 Å². The Kier molecular flexibility index (Phi) is 4.81. The minimum Gasteiger partial charge on any atom is -0.343 e. The van der Waals surface area contributed by atoms with Crippen molar-refractivity contribution in [2.24, 2.45) is 0 Å². The van der Waals surface area contributed by atoms with E-state index in [0.29, 0.717) is 18.1 Å². The molecular formula is C18H19ClN4O. The van der Waals surface area contributed by atoms with Crippen molar-refractivity contribution in [2.75, 3.05) is 13.1 Å². The van der Waals surface area contributed by atoms with E-state index in [1.807, 2.05) is 47.4 Å². The molecule has 24 heavy (non-hydrogen) atoms. The van der Waals surface area contributed by atoms with Crippen LogP contribution in [0.25, 0.3) is 17.0 Å². The van der Waals surface area contributed by atoms with Crippen molar-refractivity contribution < 1.29 is 4.79 Å². The minimum absolute atomic E-state index is 0.0685. The summed E-state index contributed by atoms with van der Waals surface area (Å²) in [6.45, 7) is 5.33. The van der Waals surface area contributed by atoms with E-state index in [0.717, 1.165) is 22.7 Å². The molecule has 0 N–H and O–H groups in total. The molecule has 0 bridgehead atoms. The van der Waals surface area contributed by atoms with E-state index in [1.54, 1.807) is 18.5 Å². The summed E-state index contributed by atoms with van der Waals surface area (Å²) in [5.41, 5.74) is 3.03. The van der Waals surface area contributed by atoms with Crippen LogP contribution in [0.2, 0.25) is 5.02 Å². The molecule has 0 aliphatic rings. The highest BCUT2D eigenvalue weighted by Crippen LogP contribution is 2.25. The number of hydrogen-bond acceptors (Lipinski definition) is 3. The summed E-state index contributed by atoms with van der Waals surface area (Å²) < 4.78 is 1.88. The van der Waals surface area contributed by atoms with E-state index in [2.05, 4.69) is 9.97 Å². The highest BCUT2D eigenvalue weighted by molar-refractivity contribution is 6.30. The number of likely N-dealkylation sites (N-methyl/N-ethyl adjacent to an activating group) is 1. The minimum atomic E-state index is 0.0685. The largest absolute Gasteiger partial charge is 0.343 e. The number of amides is 1. The summed E-state index contributed by atoms with van der Waals surface area (Å²) in [6.07, 6.45) is 3.78. The van der Waals surface area contributed by atoms with Gasteiger partial charge in [0.1, 0.15) is 11.3 Å². The Balaban J connectivity index is 2.12. The highest BCUT2D eigenvalue weighted by atomic mass is 35.5. The van der Waals surface area contributed by atoms with Crippen LogP contribution in [-0.2, 0) is 11.2 Å². The van der Waals surface area contributed by atoms with E-state index in [-0.39, 0.29) is 12.3 Å². The number of imidazole rings is 1. The molecule has 0 fully saturated rings. The standard InChI is InChI=1S/C18H19ClN4O/c1-3-22(4-2)17(24)11-15-18(14-7-5-6-10-20-14)21-16-9-8-13(19)12-23(15)16/h5-10,12H,3-4,11H2,1-2H3. The Bertz CT molecular complexity index is 856. The van der Waals surface area contributed by atoms with Gasteiger partial charge in [-0.1, -0.05) is 17.7 Å². The summed E-state index contributed by atoms with van der Waals surface area (Å²) in [5, 5.41) is 0.601. The molecule has 3 aromatic rings. The second-order valence-electron chi connectivity index (χ2n) is 5.44. The molecule has 124 valence electrons. The van der Waals surface area contributed by atoms with Crippen molar-refractivity contribution in [1.29, 1.82) is 0 Å². The summed E-state index contributed by atoms with van der Waals surface area (Å²) in [7, 11) is 0.